The Morgan fingerprint density at radius 2 is 1.82 bits per heavy atom. The molecule has 2 N–H and O–H groups in total. The molecule has 3 aromatic rings. The summed E-state index contributed by atoms with van der Waals surface area (Å²) in [5.41, 5.74) is 2.58. The number of hydrogen-bond donors (Lipinski definition) is 2. The number of benzene rings is 2. The van der Waals surface area contributed by atoms with Crippen LogP contribution >= 0.6 is 0 Å². The molecule has 1 aliphatic rings. The molecule has 1 aliphatic heterocycles. The Kier molecular flexibility index (Phi) is 6.98. The van der Waals surface area contributed by atoms with Crippen LogP contribution in [0, 0.1) is 0 Å². The molecule has 2 heterocycles. The zero-order valence-corrected chi connectivity index (χ0v) is 18.5. The lowest BCUT2D eigenvalue weighted by Gasteiger charge is -2.29. The van der Waals surface area contributed by atoms with Crippen molar-refractivity contribution >= 4 is 34.9 Å². The Balaban J connectivity index is 1.56. The van der Waals surface area contributed by atoms with Crippen molar-refractivity contribution in [1.29, 1.82) is 0 Å². The van der Waals surface area contributed by atoms with Crippen molar-refractivity contribution in [2.75, 3.05) is 13.2 Å². The van der Waals surface area contributed by atoms with Crippen molar-refractivity contribution in [1.82, 2.24) is 15.6 Å². The number of aromatic nitrogens is 1. The molecule has 2 amide bonds. The van der Waals surface area contributed by atoms with Crippen molar-refractivity contribution < 1.29 is 23.9 Å². The van der Waals surface area contributed by atoms with E-state index in [0.717, 1.165) is 16.5 Å². The molecule has 8 nitrogen and oxygen atoms in total. The van der Waals surface area contributed by atoms with Crippen LogP contribution in [0.2, 0.25) is 0 Å². The minimum atomic E-state index is -0.736. The van der Waals surface area contributed by atoms with Crippen LogP contribution in [0.3, 0.4) is 0 Å². The van der Waals surface area contributed by atoms with Gasteiger partial charge in [-0.2, -0.15) is 0 Å². The number of rotatable bonds is 7. The zero-order chi connectivity index (χ0) is 23.9. The zero-order valence-electron chi connectivity index (χ0n) is 18.5. The molecule has 4 rings (SSSR count). The first-order chi connectivity index (χ1) is 16.6. The van der Waals surface area contributed by atoms with Crippen molar-refractivity contribution in [3.63, 3.8) is 0 Å². The first-order valence-electron chi connectivity index (χ1n) is 10.8. The number of amides is 2. The van der Waals surface area contributed by atoms with Gasteiger partial charge >= 0.3 is 18.0 Å². The van der Waals surface area contributed by atoms with Crippen LogP contribution < -0.4 is 10.6 Å². The van der Waals surface area contributed by atoms with E-state index in [1.807, 2.05) is 36.4 Å². The van der Waals surface area contributed by atoms with Crippen molar-refractivity contribution in [3.05, 3.63) is 95.3 Å². The van der Waals surface area contributed by atoms with E-state index < -0.39 is 24.0 Å². The molecule has 34 heavy (non-hydrogen) atoms. The van der Waals surface area contributed by atoms with Crippen molar-refractivity contribution in [2.24, 2.45) is 0 Å². The average molecular weight is 457 g/mol. The van der Waals surface area contributed by atoms with Gasteiger partial charge in [0, 0.05) is 23.2 Å². The van der Waals surface area contributed by atoms with Gasteiger partial charge in [-0.1, -0.05) is 54.6 Å². The van der Waals surface area contributed by atoms with E-state index in [9.17, 15) is 14.4 Å². The highest BCUT2D eigenvalue weighted by atomic mass is 16.5. The molecule has 0 spiro atoms. The van der Waals surface area contributed by atoms with Gasteiger partial charge in [0.15, 0.2) is 0 Å². The Morgan fingerprint density at radius 1 is 1.03 bits per heavy atom. The number of carbonyl (C=O) groups is 3. The van der Waals surface area contributed by atoms with E-state index in [1.54, 1.807) is 43.5 Å². The number of esters is 2. The first kappa shape index (κ1) is 22.7. The van der Waals surface area contributed by atoms with Crippen LogP contribution in [-0.4, -0.2) is 36.2 Å². The van der Waals surface area contributed by atoms with Crippen LogP contribution in [0.1, 0.15) is 24.1 Å². The molecule has 0 aliphatic carbocycles. The molecule has 0 bridgehead atoms. The lowest BCUT2D eigenvalue weighted by atomic mass is 9.95. The van der Waals surface area contributed by atoms with Gasteiger partial charge in [0.05, 0.1) is 29.4 Å². The summed E-state index contributed by atoms with van der Waals surface area (Å²) in [7, 11) is 0. The Hall–Kier alpha value is -4.46. The third-order valence-electron chi connectivity index (χ3n) is 5.20. The van der Waals surface area contributed by atoms with Gasteiger partial charge in [-0.05, 0) is 24.6 Å². The molecule has 0 saturated carbocycles. The SMILES string of the molecule is CCOC(=O)C1=C(COC(=O)/C=C/c2cccc3cccnc23)NC(=O)NC1c1ccccc1. The minimum Gasteiger partial charge on any atom is -0.463 e. The van der Waals surface area contributed by atoms with Gasteiger partial charge in [-0.15, -0.1) is 0 Å². The van der Waals surface area contributed by atoms with Crippen molar-refractivity contribution in [3.8, 4) is 0 Å². The van der Waals surface area contributed by atoms with E-state index in [4.69, 9.17) is 9.47 Å². The Labute approximate surface area is 196 Å². The first-order valence-corrected chi connectivity index (χ1v) is 10.8. The second-order valence-electron chi connectivity index (χ2n) is 7.42. The normalized spacial score (nSPS) is 15.7. The second kappa shape index (κ2) is 10.4. The summed E-state index contributed by atoms with van der Waals surface area (Å²) < 4.78 is 10.6. The fourth-order valence-corrected chi connectivity index (χ4v) is 3.69. The third kappa shape index (κ3) is 5.12. The summed E-state index contributed by atoms with van der Waals surface area (Å²) in [6.45, 7) is 1.55. The number of hydrogen-bond acceptors (Lipinski definition) is 6. The van der Waals surface area contributed by atoms with Gasteiger partial charge in [-0.3, -0.25) is 4.98 Å². The fourth-order valence-electron chi connectivity index (χ4n) is 3.69. The molecule has 1 aromatic heterocycles. The Morgan fingerprint density at radius 3 is 2.62 bits per heavy atom. The number of nitrogens with zero attached hydrogens (tertiary/aromatic N) is 1. The third-order valence-corrected chi connectivity index (χ3v) is 5.20. The molecule has 0 fully saturated rings. The van der Waals surface area contributed by atoms with Gasteiger partial charge in [-0.25, -0.2) is 14.4 Å². The largest absolute Gasteiger partial charge is 0.463 e. The number of ether oxygens (including phenoxy) is 2. The highest BCUT2D eigenvalue weighted by molar-refractivity contribution is 5.96. The summed E-state index contributed by atoms with van der Waals surface area (Å²) in [4.78, 5) is 41.8. The number of nitrogens with one attached hydrogen (secondary N) is 2. The summed E-state index contributed by atoms with van der Waals surface area (Å²) in [6.07, 6.45) is 4.59. The van der Waals surface area contributed by atoms with E-state index in [0.29, 0.717) is 5.56 Å². The quantitative estimate of drug-likeness (QED) is 0.414. The number of para-hydroxylation sites is 1. The number of fused-ring (bicyclic) bond motifs is 1. The van der Waals surface area contributed by atoms with Crippen LogP contribution in [0.15, 0.2) is 84.2 Å². The lowest BCUT2D eigenvalue weighted by molar-refractivity contribution is -0.140. The van der Waals surface area contributed by atoms with Crippen LogP contribution in [0.4, 0.5) is 4.79 Å². The standard InChI is InChI=1S/C26H23N3O5/c1-2-33-25(31)22-20(28-26(32)29-24(22)18-8-4-3-5-9-18)16-34-21(30)14-13-19-11-6-10-17-12-7-15-27-23(17)19/h3-15,24H,2,16H2,1H3,(H2,28,29,32)/b14-13+. The van der Waals surface area contributed by atoms with E-state index in [-0.39, 0.29) is 24.5 Å². The molecule has 1 atom stereocenters. The lowest BCUT2D eigenvalue weighted by Crippen LogP contribution is -2.47. The second-order valence-corrected chi connectivity index (χ2v) is 7.42. The van der Waals surface area contributed by atoms with Crippen LogP contribution in [0.5, 0.6) is 0 Å². The highest BCUT2D eigenvalue weighted by Gasteiger charge is 2.34. The van der Waals surface area contributed by atoms with E-state index in [2.05, 4.69) is 15.6 Å². The van der Waals surface area contributed by atoms with Crippen LogP contribution in [0.25, 0.3) is 17.0 Å². The van der Waals surface area contributed by atoms with E-state index >= 15 is 0 Å². The number of pyridine rings is 1. The maximum Gasteiger partial charge on any atom is 0.338 e. The highest BCUT2D eigenvalue weighted by Crippen LogP contribution is 2.28. The molecule has 0 radical (unpaired) electrons. The Bertz CT molecular complexity index is 1280. The summed E-state index contributed by atoms with van der Waals surface area (Å²) in [5.74, 6) is -1.24. The monoisotopic (exact) mass is 457 g/mol. The average Bonchev–Trinajstić information content (AvgIpc) is 2.86. The maximum atomic E-state index is 12.7. The smallest absolute Gasteiger partial charge is 0.338 e. The van der Waals surface area contributed by atoms with Gasteiger partial charge in [0.2, 0.25) is 0 Å². The maximum absolute atomic E-state index is 12.7. The van der Waals surface area contributed by atoms with Crippen LogP contribution in [-0.2, 0) is 19.1 Å². The molecular formula is C26H23N3O5. The summed E-state index contributed by atoms with van der Waals surface area (Å²) in [5, 5.41) is 6.26. The molecule has 172 valence electrons. The fraction of sp³-hybridized carbons (Fsp3) is 0.154. The van der Waals surface area contributed by atoms with Crippen molar-refractivity contribution in [2.45, 2.75) is 13.0 Å². The molecular weight excluding hydrogens is 434 g/mol. The van der Waals surface area contributed by atoms with Gasteiger partial charge < -0.3 is 20.1 Å². The van der Waals surface area contributed by atoms with Gasteiger partial charge in [0.25, 0.3) is 0 Å². The molecule has 0 saturated heterocycles. The van der Waals surface area contributed by atoms with E-state index in [1.165, 1.54) is 6.08 Å². The molecule has 1 unspecified atom stereocenters. The summed E-state index contributed by atoms with van der Waals surface area (Å²) in [6, 6.07) is 17.2. The number of urea groups is 1. The van der Waals surface area contributed by atoms with Gasteiger partial charge in [0.1, 0.15) is 6.61 Å². The predicted molar refractivity (Wildman–Crippen MR) is 126 cm³/mol. The predicted octanol–water partition coefficient (Wildman–Crippen LogP) is 3.66. The minimum absolute atomic E-state index is 0.159. The topological polar surface area (TPSA) is 107 Å². The number of carbonyl (C=O) groups excluding carboxylic acids is 3. The molecule has 8 heteroatoms. The summed E-state index contributed by atoms with van der Waals surface area (Å²) >= 11 is 0. The molecule has 2 aromatic carbocycles.